The molecule has 0 radical (unpaired) electrons. The number of nitrogens with zero attached hydrogens (tertiary/aromatic N) is 2. The fourth-order valence-corrected chi connectivity index (χ4v) is 1.42. The summed E-state index contributed by atoms with van der Waals surface area (Å²) in [7, 11) is 4.00. The fourth-order valence-electron chi connectivity index (χ4n) is 1.42. The van der Waals surface area contributed by atoms with Crippen LogP contribution in [0.3, 0.4) is 0 Å². The van der Waals surface area contributed by atoms with E-state index in [0.29, 0.717) is 6.17 Å². The average Bonchev–Trinajstić information content (AvgIpc) is 2.00. The van der Waals surface area contributed by atoms with Gasteiger partial charge in [-0.3, -0.25) is 9.69 Å². The number of ketones is 1. The quantitative estimate of drug-likeness (QED) is 0.575. The van der Waals surface area contributed by atoms with E-state index in [2.05, 4.69) is 18.9 Å². The predicted octanol–water partition coefficient (Wildman–Crippen LogP) is 0.683. The van der Waals surface area contributed by atoms with Crippen LogP contribution >= 0.6 is 0 Å². The summed E-state index contributed by atoms with van der Waals surface area (Å²) in [6, 6.07) is 0. The van der Waals surface area contributed by atoms with Gasteiger partial charge in [0.1, 0.15) is 0 Å². The topological polar surface area (TPSA) is 23.6 Å². The molecule has 3 heteroatoms. The van der Waals surface area contributed by atoms with Crippen molar-refractivity contribution in [3.8, 4) is 0 Å². The van der Waals surface area contributed by atoms with Gasteiger partial charge in [0.15, 0.2) is 5.78 Å². The standard InChI is InChI=1S/C9H16N2O/c1-7(12)9-5-6-10(3)8(2)11(9)4/h5,8H,6H2,1-4H3. The zero-order chi connectivity index (χ0) is 9.30. The van der Waals surface area contributed by atoms with Crippen molar-refractivity contribution in [1.29, 1.82) is 0 Å². The summed E-state index contributed by atoms with van der Waals surface area (Å²) in [6.45, 7) is 4.57. The summed E-state index contributed by atoms with van der Waals surface area (Å²) in [5, 5.41) is 0. The molecular formula is C9H16N2O. The first-order chi connectivity index (χ1) is 5.54. The van der Waals surface area contributed by atoms with E-state index in [4.69, 9.17) is 0 Å². The van der Waals surface area contributed by atoms with Crippen LogP contribution < -0.4 is 0 Å². The van der Waals surface area contributed by atoms with Crippen molar-refractivity contribution >= 4 is 5.78 Å². The molecule has 0 aliphatic carbocycles. The number of hydrogen-bond donors (Lipinski definition) is 0. The molecule has 0 saturated carbocycles. The van der Waals surface area contributed by atoms with Crippen LogP contribution in [0.4, 0.5) is 0 Å². The summed E-state index contributed by atoms with van der Waals surface area (Å²) < 4.78 is 0. The lowest BCUT2D eigenvalue weighted by Gasteiger charge is -2.38. The number of carbonyl (C=O) groups is 1. The fraction of sp³-hybridized carbons (Fsp3) is 0.667. The molecule has 12 heavy (non-hydrogen) atoms. The van der Waals surface area contributed by atoms with Crippen LogP contribution in [0, 0.1) is 0 Å². The third kappa shape index (κ3) is 1.50. The number of likely N-dealkylation sites (N-methyl/N-ethyl adjacent to an activating group) is 2. The minimum Gasteiger partial charge on any atom is -0.356 e. The summed E-state index contributed by atoms with van der Waals surface area (Å²) in [4.78, 5) is 15.3. The molecule has 0 aromatic carbocycles. The van der Waals surface area contributed by atoms with E-state index in [1.807, 2.05) is 18.0 Å². The zero-order valence-corrected chi connectivity index (χ0v) is 8.16. The Kier molecular flexibility index (Phi) is 2.52. The number of carbonyl (C=O) groups excluding carboxylic acids is 1. The molecule has 3 nitrogen and oxygen atoms in total. The Morgan fingerprint density at radius 1 is 1.58 bits per heavy atom. The van der Waals surface area contributed by atoms with Gasteiger partial charge >= 0.3 is 0 Å². The second-order valence-electron chi connectivity index (χ2n) is 3.33. The smallest absolute Gasteiger partial charge is 0.175 e. The highest BCUT2D eigenvalue weighted by molar-refractivity contribution is 5.92. The SMILES string of the molecule is CC(=O)C1=CCN(C)C(C)N1C. The summed E-state index contributed by atoms with van der Waals surface area (Å²) >= 11 is 0. The largest absolute Gasteiger partial charge is 0.356 e. The van der Waals surface area contributed by atoms with Gasteiger partial charge in [0.05, 0.1) is 11.9 Å². The van der Waals surface area contributed by atoms with Crippen LogP contribution in [0.1, 0.15) is 13.8 Å². The van der Waals surface area contributed by atoms with Crippen LogP contribution in [0.5, 0.6) is 0 Å². The molecule has 1 aliphatic rings. The lowest BCUT2D eigenvalue weighted by Crippen LogP contribution is -2.46. The van der Waals surface area contributed by atoms with Gasteiger partial charge in [-0.25, -0.2) is 0 Å². The van der Waals surface area contributed by atoms with Crippen molar-refractivity contribution in [1.82, 2.24) is 9.80 Å². The Labute approximate surface area is 73.6 Å². The molecule has 0 spiro atoms. The first-order valence-corrected chi connectivity index (χ1v) is 4.18. The molecule has 1 unspecified atom stereocenters. The van der Waals surface area contributed by atoms with Gasteiger partial charge in [0.25, 0.3) is 0 Å². The molecule has 0 bridgehead atoms. The Balaban J connectivity index is 2.84. The molecule has 0 saturated heterocycles. The van der Waals surface area contributed by atoms with E-state index in [1.54, 1.807) is 6.92 Å². The Bertz CT molecular complexity index is 223. The van der Waals surface area contributed by atoms with Crippen LogP contribution in [0.2, 0.25) is 0 Å². The van der Waals surface area contributed by atoms with Crippen LogP contribution in [0.15, 0.2) is 11.8 Å². The molecule has 0 fully saturated rings. The molecule has 1 aliphatic heterocycles. The highest BCUT2D eigenvalue weighted by Crippen LogP contribution is 2.15. The number of hydrogen-bond acceptors (Lipinski definition) is 3. The first-order valence-electron chi connectivity index (χ1n) is 4.18. The molecule has 0 amide bonds. The predicted molar refractivity (Wildman–Crippen MR) is 48.6 cm³/mol. The highest BCUT2D eigenvalue weighted by Gasteiger charge is 2.22. The van der Waals surface area contributed by atoms with E-state index in [9.17, 15) is 4.79 Å². The Morgan fingerprint density at radius 3 is 2.67 bits per heavy atom. The third-order valence-corrected chi connectivity index (χ3v) is 2.51. The van der Waals surface area contributed by atoms with Gasteiger partial charge in [-0.1, -0.05) is 0 Å². The van der Waals surface area contributed by atoms with Gasteiger partial charge in [-0.15, -0.1) is 0 Å². The van der Waals surface area contributed by atoms with E-state index < -0.39 is 0 Å². The highest BCUT2D eigenvalue weighted by atomic mass is 16.1. The van der Waals surface area contributed by atoms with Gasteiger partial charge in [-0.2, -0.15) is 0 Å². The summed E-state index contributed by atoms with van der Waals surface area (Å²) in [6.07, 6.45) is 2.29. The lowest BCUT2D eigenvalue weighted by atomic mass is 10.2. The number of rotatable bonds is 1. The molecule has 1 heterocycles. The molecule has 1 rings (SSSR count). The molecule has 0 aromatic heterocycles. The van der Waals surface area contributed by atoms with Gasteiger partial charge in [0, 0.05) is 20.5 Å². The van der Waals surface area contributed by atoms with E-state index in [0.717, 1.165) is 12.2 Å². The van der Waals surface area contributed by atoms with Crippen LogP contribution in [-0.2, 0) is 4.79 Å². The molecule has 68 valence electrons. The molecular weight excluding hydrogens is 152 g/mol. The van der Waals surface area contributed by atoms with Crippen molar-refractivity contribution in [2.24, 2.45) is 0 Å². The summed E-state index contributed by atoms with van der Waals surface area (Å²) in [5.74, 6) is 0.150. The Hall–Kier alpha value is -0.830. The van der Waals surface area contributed by atoms with Crippen molar-refractivity contribution in [2.45, 2.75) is 20.0 Å². The maximum Gasteiger partial charge on any atom is 0.175 e. The third-order valence-electron chi connectivity index (χ3n) is 2.51. The first kappa shape index (κ1) is 9.26. The number of allylic oxidation sites excluding steroid dienone is 1. The lowest BCUT2D eigenvalue weighted by molar-refractivity contribution is -0.115. The maximum absolute atomic E-state index is 11.1. The van der Waals surface area contributed by atoms with Crippen LogP contribution in [-0.4, -0.2) is 42.4 Å². The summed E-state index contributed by atoms with van der Waals surface area (Å²) in [5.41, 5.74) is 0.834. The Morgan fingerprint density at radius 2 is 2.17 bits per heavy atom. The minimum atomic E-state index is 0.150. The average molecular weight is 168 g/mol. The van der Waals surface area contributed by atoms with Crippen molar-refractivity contribution in [3.63, 3.8) is 0 Å². The van der Waals surface area contributed by atoms with Crippen molar-refractivity contribution in [3.05, 3.63) is 11.8 Å². The molecule has 0 N–H and O–H groups in total. The normalized spacial score (nSPS) is 25.5. The van der Waals surface area contributed by atoms with Crippen molar-refractivity contribution < 1.29 is 4.79 Å². The van der Waals surface area contributed by atoms with Crippen LogP contribution in [0.25, 0.3) is 0 Å². The number of Topliss-reactive ketones (excluding diaryl/α,β-unsaturated/α-hetero) is 1. The van der Waals surface area contributed by atoms with E-state index in [-0.39, 0.29) is 5.78 Å². The molecule has 0 aromatic rings. The van der Waals surface area contributed by atoms with E-state index in [1.165, 1.54) is 0 Å². The van der Waals surface area contributed by atoms with Gasteiger partial charge in [-0.05, 0) is 20.0 Å². The minimum absolute atomic E-state index is 0.150. The second-order valence-corrected chi connectivity index (χ2v) is 3.33. The molecule has 1 atom stereocenters. The monoisotopic (exact) mass is 168 g/mol. The second kappa shape index (κ2) is 3.27. The van der Waals surface area contributed by atoms with Gasteiger partial charge < -0.3 is 4.90 Å². The maximum atomic E-state index is 11.1. The van der Waals surface area contributed by atoms with Gasteiger partial charge in [0.2, 0.25) is 0 Å². The van der Waals surface area contributed by atoms with Crippen molar-refractivity contribution in [2.75, 3.05) is 20.6 Å². The zero-order valence-electron chi connectivity index (χ0n) is 8.16. The van der Waals surface area contributed by atoms with E-state index >= 15 is 0 Å².